The molecule has 3 rings (SSSR count). The van der Waals surface area contributed by atoms with Crippen molar-refractivity contribution in [3.63, 3.8) is 0 Å². The minimum atomic E-state index is -0.182. The summed E-state index contributed by atoms with van der Waals surface area (Å²) >= 11 is 3.71. The van der Waals surface area contributed by atoms with Crippen LogP contribution in [-0.2, 0) is 6.42 Å². The zero-order valence-corrected chi connectivity index (χ0v) is 13.4. The summed E-state index contributed by atoms with van der Waals surface area (Å²) in [7, 11) is 0. The Bertz CT molecular complexity index is 779. The van der Waals surface area contributed by atoms with Gasteiger partial charge in [0.2, 0.25) is 0 Å². The highest BCUT2D eigenvalue weighted by atomic mass is 79.9. The molecule has 2 heteroatoms. The van der Waals surface area contributed by atoms with Gasteiger partial charge in [-0.25, -0.2) is 4.39 Å². The Hall–Kier alpha value is -1.67. The monoisotopic (exact) mass is 342 g/mol. The van der Waals surface area contributed by atoms with E-state index in [1.54, 1.807) is 6.07 Å². The van der Waals surface area contributed by atoms with E-state index in [4.69, 9.17) is 0 Å². The Balaban J connectivity index is 1.88. The first kappa shape index (κ1) is 14.3. The maximum atomic E-state index is 13.4. The van der Waals surface area contributed by atoms with Crippen LogP contribution in [-0.4, -0.2) is 0 Å². The fraction of sp³-hybridized carbons (Fsp3) is 0.158. The standard InChI is InChI=1S/C19H16BrF/c1-13-6-9-17(21)12-18(13)19(20)11-14-7-8-15-4-2-3-5-16(15)10-14/h2-10,12,19H,11H2,1H3. The van der Waals surface area contributed by atoms with Crippen LogP contribution in [0.5, 0.6) is 0 Å². The molecule has 3 aromatic rings. The van der Waals surface area contributed by atoms with Gasteiger partial charge in [0.1, 0.15) is 5.82 Å². The van der Waals surface area contributed by atoms with Crippen molar-refractivity contribution >= 4 is 26.7 Å². The van der Waals surface area contributed by atoms with Gasteiger partial charge >= 0.3 is 0 Å². The smallest absolute Gasteiger partial charge is 0.123 e. The van der Waals surface area contributed by atoms with Crippen LogP contribution in [0.4, 0.5) is 4.39 Å². The predicted molar refractivity (Wildman–Crippen MR) is 90.5 cm³/mol. The molecule has 0 N–H and O–H groups in total. The Morgan fingerprint density at radius 2 is 1.71 bits per heavy atom. The van der Waals surface area contributed by atoms with Gasteiger partial charge in [0.25, 0.3) is 0 Å². The Morgan fingerprint density at radius 3 is 2.52 bits per heavy atom. The van der Waals surface area contributed by atoms with Crippen LogP contribution >= 0.6 is 15.9 Å². The van der Waals surface area contributed by atoms with Crippen molar-refractivity contribution in [2.24, 2.45) is 0 Å². The van der Waals surface area contributed by atoms with Gasteiger partial charge in [-0.3, -0.25) is 0 Å². The van der Waals surface area contributed by atoms with E-state index in [2.05, 4.69) is 52.3 Å². The number of alkyl halides is 1. The molecule has 0 fully saturated rings. The number of hydrogen-bond acceptors (Lipinski definition) is 0. The molecule has 0 aliphatic heterocycles. The molecule has 0 radical (unpaired) electrons. The highest BCUT2D eigenvalue weighted by Crippen LogP contribution is 2.31. The number of fused-ring (bicyclic) bond motifs is 1. The van der Waals surface area contributed by atoms with Crippen LogP contribution in [0.15, 0.2) is 60.7 Å². The molecule has 0 amide bonds. The van der Waals surface area contributed by atoms with Gasteiger partial charge in [-0.1, -0.05) is 64.5 Å². The lowest BCUT2D eigenvalue weighted by atomic mass is 9.98. The lowest BCUT2D eigenvalue weighted by Gasteiger charge is -2.14. The van der Waals surface area contributed by atoms with Crippen LogP contribution in [0.2, 0.25) is 0 Å². The average molecular weight is 343 g/mol. The molecule has 0 bridgehead atoms. The van der Waals surface area contributed by atoms with Crippen LogP contribution in [0.1, 0.15) is 21.5 Å². The number of rotatable bonds is 3. The number of aryl methyl sites for hydroxylation is 1. The van der Waals surface area contributed by atoms with Crippen LogP contribution < -0.4 is 0 Å². The number of halogens is 2. The lowest BCUT2D eigenvalue weighted by molar-refractivity contribution is 0.624. The molecule has 3 aromatic carbocycles. The summed E-state index contributed by atoms with van der Waals surface area (Å²) in [6.07, 6.45) is 0.842. The molecule has 0 heterocycles. The normalized spacial score (nSPS) is 12.5. The van der Waals surface area contributed by atoms with E-state index < -0.39 is 0 Å². The third-order valence-electron chi connectivity index (χ3n) is 3.81. The maximum absolute atomic E-state index is 13.4. The molecular weight excluding hydrogens is 327 g/mol. The average Bonchev–Trinajstić information content (AvgIpc) is 2.49. The van der Waals surface area contributed by atoms with E-state index in [0.717, 1.165) is 17.5 Å². The molecule has 0 aliphatic carbocycles. The first-order valence-corrected chi connectivity index (χ1v) is 7.93. The summed E-state index contributed by atoms with van der Waals surface area (Å²) < 4.78 is 13.4. The Kier molecular flexibility index (Phi) is 4.07. The van der Waals surface area contributed by atoms with Gasteiger partial charge in [-0.15, -0.1) is 0 Å². The highest BCUT2D eigenvalue weighted by Gasteiger charge is 2.12. The minimum Gasteiger partial charge on any atom is -0.207 e. The van der Waals surface area contributed by atoms with E-state index in [0.29, 0.717) is 0 Å². The Morgan fingerprint density at radius 1 is 0.952 bits per heavy atom. The van der Waals surface area contributed by atoms with Crippen LogP contribution in [0, 0.1) is 12.7 Å². The van der Waals surface area contributed by atoms with Gasteiger partial charge in [0, 0.05) is 4.83 Å². The summed E-state index contributed by atoms with van der Waals surface area (Å²) in [5.41, 5.74) is 3.38. The minimum absolute atomic E-state index is 0.120. The molecule has 106 valence electrons. The molecule has 21 heavy (non-hydrogen) atoms. The summed E-state index contributed by atoms with van der Waals surface area (Å²) in [5.74, 6) is -0.182. The summed E-state index contributed by atoms with van der Waals surface area (Å²) in [4.78, 5) is 0.120. The number of hydrogen-bond donors (Lipinski definition) is 0. The molecule has 0 saturated heterocycles. The van der Waals surface area contributed by atoms with Gasteiger partial charge in [-0.05, 0) is 52.9 Å². The zero-order valence-electron chi connectivity index (χ0n) is 11.8. The number of benzene rings is 3. The van der Waals surface area contributed by atoms with Crippen molar-refractivity contribution in [1.82, 2.24) is 0 Å². The SMILES string of the molecule is Cc1ccc(F)cc1C(Br)Cc1ccc2ccccc2c1. The molecule has 0 nitrogen and oxygen atoms in total. The van der Waals surface area contributed by atoms with Gasteiger partial charge in [0.15, 0.2) is 0 Å². The van der Waals surface area contributed by atoms with Gasteiger partial charge in [-0.2, -0.15) is 0 Å². The molecule has 0 aliphatic rings. The largest absolute Gasteiger partial charge is 0.207 e. The van der Waals surface area contributed by atoms with E-state index in [-0.39, 0.29) is 10.6 Å². The molecule has 1 atom stereocenters. The van der Waals surface area contributed by atoms with Crippen molar-refractivity contribution in [2.75, 3.05) is 0 Å². The third kappa shape index (κ3) is 3.16. The van der Waals surface area contributed by atoms with Crippen molar-refractivity contribution in [3.05, 3.63) is 83.2 Å². The second-order valence-corrected chi connectivity index (χ2v) is 6.46. The molecule has 0 spiro atoms. The fourth-order valence-corrected chi connectivity index (χ4v) is 3.50. The quantitative estimate of drug-likeness (QED) is 0.514. The maximum Gasteiger partial charge on any atom is 0.123 e. The van der Waals surface area contributed by atoms with Crippen LogP contribution in [0.25, 0.3) is 10.8 Å². The molecule has 1 unspecified atom stereocenters. The zero-order chi connectivity index (χ0) is 14.8. The van der Waals surface area contributed by atoms with E-state index in [1.165, 1.54) is 22.4 Å². The second kappa shape index (κ2) is 5.98. The van der Waals surface area contributed by atoms with E-state index in [9.17, 15) is 4.39 Å². The summed E-state index contributed by atoms with van der Waals surface area (Å²) in [6.45, 7) is 2.02. The predicted octanol–water partition coefficient (Wildman–Crippen LogP) is 5.97. The lowest BCUT2D eigenvalue weighted by Crippen LogP contribution is -1.99. The van der Waals surface area contributed by atoms with Gasteiger partial charge < -0.3 is 0 Å². The van der Waals surface area contributed by atoms with Crippen molar-refractivity contribution in [3.8, 4) is 0 Å². The topological polar surface area (TPSA) is 0 Å². The molecule has 0 saturated carbocycles. The third-order valence-corrected chi connectivity index (χ3v) is 4.62. The van der Waals surface area contributed by atoms with E-state index in [1.807, 2.05) is 19.1 Å². The Labute approximate surface area is 132 Å². The van der Waals surface area contributed by atoms with Crippen molar-refractivity contribution in [2.45, 2.75) is 18.2 Å². The fourth-order valence-electron chi connectivity index (χ4n) is 2.63. The first-order chi connectivity index (χ1) is 10.1. The van der Waals surface area contributed by atoms with Crippen LogP contribution in [0.3, 0.4) is 0 Å². The molecular formula is C19H16BrF. The first-order valence-electron chi connectivity index (χ1n) is 7.01. The van der Waals surface area contributed by atoms with Crippen molar-refractivity contribution < 1.29 is 4.39 Å². The van der Waals surface area contributed by atoms with Crippen molar-refractivity contribution in [1.29, 1.82) is 0 Å². The summed E-state index contributed by atoms with van der Waals surface area (Å²) in [6, 6.07) is 19.8. The van der Waals surface area contributed by atoms with Gasteiger partial charge in [0.05, 0.1) is 0 Å². The molecule has 0 aromatic heterocycles. The second-order valence-electron chi connectivity index (χ2n) is 5.35. The summed E-state index contributed by atoms with van der Waals surface area (Å²) in [5, 5.41) is 2.49. The highest BCUT2D eigenvalue weighted by molar-refractivity contribution is 9.09. The van der Waals surface area contributed by atoms with E-state index >= 15 is 0 Å².